The van der Waals surface area contributed by atoms with Gasteiger partial charge in [0.2, 0.25) is 5.91 Å². The molecule has 4 rings (SSSR count). The second-order valence-corrected chi connectivity index (χ2v) is 7.01. The van der Waals surface area contributed by atoms with Crippen molar-refractivity contribution in [2.45, 2.75) is 6.54 Å². The molecule has 0 bridgehead atoms. The minimum Gasteiger partial charge on any atom is -0.455 e. The van der Waals surface area contributed by atoms with Crippen molar-refractivity contribution in [3.63, 3.8) is 0 Å². The summed E-state index contributed by atoms with van der Waals surface area (Å²) < 4.78 is 5.80. The minimum atomic E-state index is -1.03. The predicted octanol–water partition coefficient (Wildman–Crippen LogP) is 3.41. The van der Waals surface area contributed by atoms with Crippen LogP contribution in [0.15, 0.2) is 84.9 Å². The molecule has 1 aliphatic heterocycles. The van der Waals surface area contributed by atoms with E-state index in [0.29, 0.717) is 27.6 Å². The van der Waals surface area contributed by atoms with E-state index in [4.69, 9.17) is 4.74 Å². The lowest BCUT2D eigenvalue weighted by Crippen LogP contribution is -2.38. The molecule has 0 unspecified atom stereocenters. The molecule has 8 nitrogen and oxygen atoms in total. The number of imide groups is 2. The molecule has 0 aromatic heterocycles. The van der Waals surface area contributed by atoms with Gasteiger partial charge in [0.25, 0.3) is 0 Å². The number of urea groups is 1. The maximum atomic E-state index is 12.6. The van der Waals surface area contributed by atoms with Crippen LogP contribution in [0, 0.1) is 0 Å². The number of para-hydroxylation sites is 3. The first-order valence-electron chi connectivity index (χ1n) is 9.86. The van der Waals surface area contributed by atoms with Crippen molar-refractivity contribution in [3.8, 4) is 11.5 Å². The molecule has 0 aliphatic carbocycles. The van der Waals surface area contributed by atoms with E-state index in [-0.39, 0.29) is 6.54 Å². The molecule has 3 aromatic rings. The highest BCUT2D eigenvalue weighted by Gasteiger charge is 2.45. The van der Waals surface area contributed by atoms with Crippen LogP contribution < -0.4 is 10.1 Å². The van der Waals surface area contributed by atoms with E-state index in [1.807, 2.05) is 18.2 Å². The van der Waals surface area contributed by atoms with Gasteiger partial charge in [0, 0.05) is 0 Å². The number of carbonyl (C=O) groups excluding carboxylic acids is 4. The fourth-order valence-electron chi connectivity index (χ4n) is 3.20. The highest BCUT2D eigenvalue weighted by molar-refractivity contribution is 6.45. The topological polar surface area (TPSA) is 96.0 Å². The summed E-state index contributed by atoms with van der Waals surface area (Å²) in [7, 11) is 0. The first-order valence-corrected chi connectivity index (χ1v) is 9.86. The van der Waals surface area contributed by atoms with E-state index in [2.05, 4.69) is 5.32 Å². The van der Waals surface area contributed by atoms with Crippen LogP contribution in [0.25, 0.3) is 0 Å². The first kappa shape index (κ1) is 20.8. The van der Waals surface area contributed by atoms with Crippen molar-refractivity contribution >= 4 is 29.4 Å². The number of benzene rings is 3. The van der Waals surface area contributed by atoms with Crippen LogP contribution in [0.4, 0.5) is 10.5 Å². The molecule has 32 heavy (non-hydrogen) atoms. The zero-order valence-corrected chi connectivity index (χ0v) is 16.9. The second-order valence-electron chi connectivity index (χ2n) is 7.01. The van der Waals surface area contributed by atoms with Crippen LogP contribution >= 0.6 is 0 Å². The Kier molecular flexibility index (Phi) is 5.94. The molecular weight excluding hydrogens is 410 g/mol. The number of rotatable bonds is 7. The molecule has 0 radical (unpaired) electrons. The van der Waals surface area contributed by atoms with Crippen LogP contribution in [0.2, 0.25) is 0 Å². The van der Waals surface area contributed by atoms with E-state index in [0.717, 1.165) is 4.90 Å². The molecule has 0 saturated carbocycles. The summed E-state index contributed by atoms with van der Waals surface area (Å²) in [6.45, 7) is -0.634. The maximum absolute atomic E-state index is 12.6. The average molecular weight is 429 g/mol. The van der Waals surface area contributed by atoms with Gasteiger partial charge in [0.1, 0.15) is 12.3 Å². The Balaban J connectivity index is 1.44. The van der Waals surface area contributed by atoms with E-state index in [9.17, 15) is 19.2 Å². The van der Waals surface area contributed by atoms with E-state index in [1.165, 1.54) is 0 Å². The Morgan fingerprint density at radius 2 is 1.34 bits per heavy atom. The number of carbonyl (C=O) groups is 4. The SMILES string of the molecule is O=C(CN1C(=O)C(=O)N(Cc2ccccc2)C1=O)Nc1ccccc1Oc1ccccc1. The van der Waals surface area contributed by atoms with E-state index >= 15 is 0 Å². The van der Waals surface area contributed by atoms with Crippen LogP contribution in [-0.4, -0.2) is 40.1 Å². The Morgan fingerprint density at radius 3 is 2.06 bits per heavy atom. The minimum absolute atomic E-state index is 0.0455. The fraction of sp³-hybridized carbons (Fsp3) is 0.0833. The highest BCUT2D eigenvalue weighted by Crippen LogP contribution is 2.29. The summed E-state index contributed by atoms with van der Waals surface area (Å²) >= 11 is 0. The third kappa shape index (κ3) is 4.49. The van der Waals surface area contributed by atoms with Gasteiger partial charge in [0.05, 0.1) is 12.2 Å². The van der Waals surface area contributed by atoms with Crippen molar-refractivity contribution in [1.82, 2.24) is 9.80 Å². The van der Waals surface area contributed by atoms with Gasteiger partial charge in [-0.1, -0.05) is 60.7 Å². The first-order chi connectivity index (χ1) is 15.5. The Morgan fingerprint density at radius 1 is 0.750 bits per heavy atom. The van der Waals surface area contributed by atoms with Gasteiger partial charge < -0.3 is 10.1 Å². The number of ether oxygens (including phenoxy) is 1. The Hall–Kier alpha value is -4.46. The summed E-state index contributed by atoms with van der Waals surface area (Å²) in [4.78, 5) is 51.3. The molecule has 1 aliphatic rings. The lowest BCUT2D eigenvalue weighted by Gasteiger charge is -2.16. The molecule has 1 fully saturated rings. The third-order valence-electron chi connectivity index (χ3n) is 4.75. The number of anilines is 1. The Labute approximate surface area is 184 Å². The van der Waals surface area contributed by atoms with Crippen molar-refractivity contribution in [1.29, 1.82) is 0 Å². The van der Waals surface area contributed by atoms with E-state index in [1.54, 1.807) is 66.7 Å². The monoisotopic (exact) mass is 429 g/mol. The summed E-state index contributed by atoms with van der Waals surface area (Å²) in [5, 5.41) is 2.64. The summed E-state index contributed by atoms with van der Waals surface area (Å²) in [5.74, 6) is -1.64. The third-order valence-corrected chi connectivity index (χ3v) is 4.75. The molecule has 8 heteroatoms. The van der Waals surface area contributed by atoms with Gasteiger partial charge in [-0.25, -0.2) is 9.69 Å². The zero-order valence-electron chi connectivity index (χ0n) is 16.9. The van der Waals surface area contributed by atoms with Crippen molar-refractivity contribution in [2.75, 3.05) is 11.9 Å². The molecule has 3 aromatic carbocycles. The predicted molar refractivity (Wildman–Crippen MR) is 116 cm³/mol. The van der Waals surface area contributed by atoms with Gasteiger partial charge >= 0.3 is 17.8 Å². The lowest BCUT2D eigenvalue weighted by atomic mass is 10.2. The smallest absolute Gasteiger partial charge is 0.335 e. The van der Waals surface area contributed by atoms with Gasteiger partial charge in [0.15, 0.2) is 5.75 Å². The van der Waals surface area contributed by atoms with Crippen molar-refractivity contribution in [3.05, 3.63) is 90.5 Å². The molecule has 160 valence electrons. The standard InChI is InChI=1S/C24H19N3O5/c28-21(25-19-13-7-8-14-20(19)32-18-11-5-2-6-12-18)16-27-23(30)22(29)26(24(27)31)15-17-9-3-1-4-10-17/h1-14H,15-16H2,(H,25,28). The number of nitrogens with one attached hydrogen (secondary N) is 1. The fourth-order valence-corrected chi connectivity index (χ4v) is 3.20. The number of nitrogens with zero attached hydrogens (tertiary/aromatic N) is 2. The summed E-state index contributed by atoms with van der Waals surface area (Å²) in [6, 6.07) is 23.8. The molecule has 5 amide bonds. The quantitative estimate of drug-likeness (QED) is 0.459. The second kappa shape index (κ2) is 9.13. The summed E-state index contributed by atoms with van der Waals surface area (Å²) in [6.07, 6.45) is 0. The molecule has 1 heterocycles. The number of hydrogen-bond donors (Lipinski definition) is 1. The Bertz CT molecular complexity index is 1160. The largest absolute Gasteiger partial charge is 0.455 e. The molecular formula is C24H19N3O5. The van der Waals surface area contributed by atoms with Crippen LogP contribution in [-0.2, 0) is 20.9 Å². The van der Waals surface area contributed by atoms with Gasteiger partial charge in [-0.15, -0.1) is 0 Å². The maximum Gasteiger partial charge on any atom is 0.335 e. The molecule has 1 N–H and O–H groups in total. The van der Waals surface area contributed by atoms with Crippen LogP contribution in [0.3, 0.4) is 0 Å². The number of amides is 5. The summed E-state index contributed by atoms with van der Waals surface area (Å²) in [5.41, 5.74) is 1.06. The average Bonchev–Trinajstić information content (AvgIpc) is 3.00. The van der Waals surface area contributed by atoms with Crippen LogP contribution in [0.1, 0.15) is 5.56 Å². The highest BCUT2D eigenvalue weighted by atomic mass is 16.5. The molecule has 0 spiro atoms. The normalized spacial score (nSPS) is 13.4. The number of hydrogen-bond acceptors (Lipinski definition) is 5. The van der Waals surface area contributed by atoms with Crippen molar-refractivity contribution < 1.29 is 23.9 Å². The van der Waals surface area contributed by atoms with Gasteiger partial charge in [-0.05, 0) is 29.8 Å². The van der Waals surface area contributed by atoms with Crippen molar-refractivity contribution in [2.24, 2.45) is 0 Å². The molecule has 0 atom stereocenters. The zero-order chi connectivity index (χ0) is 22.5. The van der Waals surface area contributed by atoms with E-state index < -0.39 is 30.3 Å². The van der Waals surface area contributed by atoms with Crippen LogP contribution in [0.5, 0.6) is 11.5 Å². The lowest BCUT2D eigenvalue weighted by molar-refractivity contribution is -0.143. The van der Waals surface area contributed by atoms with Gasteiger partial charge in [-0.2, -0.15) is 0 Å². The van der Waals surface area contributed by atoms with Gasteiger partial charge in [-0.3, -0.25) is 19.3 Å². The molecule has 1 saturated heterocycles.